The summed E-state index contributed by atoms with van der Waals surface area (Å²) < 4.78 is -0.985. The molecule has 0 saturated heterocycles. The van der Waals surface area contributed by atoms with Gasteiger partial charge in [0.15, 0.2) is 0 Å². The summed E-state index contributed by atoms with van der Waals surface area (Å²) in [7, 11) is 0. The van der Waals surface area contributed by atoms with Gasteiger partial charge < -0.3 is 5.11 Å². The van der Waals surface area contributed by atoms with Crippen molar-refractivity contribution in [1.29, 1.82) is 0 Å². The zero-order valence-electron chi connectivity index (χ0n) is 7.40. The van der Waals surface area contributed by atoms with Crippen molar-refractivity contribution in [3.05, 3.63) is 35.9 Å². The molecule has 0 saturated carbocycles. The fourth-order valence-corrected chi connectivity index (χ4v) is 1.25. The predicted molar refractivity (Wildman–Crippen MR) is 55.2 cm³/mol. The average Bonchev–Trinajstić information content (AvgIpc) is 2.05. The molecule has 1 rings (SSSR count). The van der Waals surface area contributed by atoms with Crippen LogP contribution in [0.3, 0.4) is 0 Å². The number of rotatable bonds is 3. The van der Waals surface area contributed by atoms with Gasteiger partial charge in [0.05, 0.1) is 0 Å². The molecule has 0 bridgehead atoms. The second-order valence-corrected chi connectivity index (χ2v) is 4.23. The van der Waals surface area contributed by atoms with Crippen LogP contribution in [0.1, 0.15) is 12.5 Å². The van der Waals surface area contributed by atoms with Gasteiger partial charge in [-0.1, -0.05) is 30.3 Å². The molecular formula is C10H12O2S. The van der Waals surface area contributed by atoms with Crippen LogP contribution in [0.2, 0.25) is 0 Å². The van der Waals surface area contributed by atoms with Gasteiger partial charge in [-0.3, -0.25) is 4.79 Å². The summed E-state index contributed by atoms with van der Waals surface area (Å²) in [5.41, 5.74) is 0.988. The summed E-state index contributed by atoms with van der Waals surface area (Å²) >= 11 is 4.09. The van der Waals surface area contributed by atoms with Crippen LogP contribution in [0.5, 0.6) is 0 Å². The Morgan fingerprint density at radius 1 is 1.46 bits per heavy atom. The van der Waals surface area contributed by atoms with Crippen LogP contribution in [0.4, 0.5) is 0 Å². The third kappa shape index (κ3) is 2.77. The van der Waals surface area contributed by atoms with Gasteiger partial charge in [-0.15, -0.1) is 0 Å². The largest absolute Gasteiger partial charge is 0.480 e. The second kappa shape index (κ2) is 3.83. The molecule has 1 atom stereocenters. The van der Waals surface area contributed by atoms with E-state index in [0.29, 0.717) is 6.42 Å². The molecule has 0 aliphatic heterocycles. The first-order valence-electron chi connectivity index (χ1n) is 4.02. The Bertz CT molecular complexity index is 293. The van der Waals surface area contributed by atoms with Crippen molar-refractivity contribution in [2.45, 2.75) is 18.1 Å². The molecule has 1 aromatic carbocycles. The van der Waals surface area contributed by atoms with Gasteiger partial charge in [-0.25, -0.2) is 0 Å². The summed E-state index contributed by atoms with van der Waals surface area (Å²) in [4.78, 5) is 10.7. The van der Waals surface area contributed by atoms with Gasteiger partial charge in [0.25, 0.3) is 0 Å². The molecule has 0 amide bonds. The number of carbonyl (C=O) groups is 1. The van der Waals surface area contributed by atoms with Crippen LogP contribution in [0.25, 0.3) is 0 Å². The number of hydrogen-bond acceptors (Lipinski definition) is 2. The van der Waals surface area contributed by atoms with Gasteiger partial charge in [0, 0.05) is 0 Å². The van der Waals surface area contributed by atoms with E-state index in [1.54, 1.807) is 6.92 Å². The molecule has 0 radical (unpaired) electrons. The number of hydrogen-bond donors (Lipinski definition) is 2. The lowest BCUT2D eigenvalue weighted by molar-refractivity contribution is -0.139. The maximum Gasteiger partial charge on any atom is 0.319 e. The van der Waals surface area contributed by atoms with Crippen LogP contribution in [0.15, 0.2) is 30.3 Å². The summed E-state index contributed by atoms with van der Waals surface area (Å²) in [6.45, 7) is 1.60. The summed E-state index contributed by atoms with van der Waals surface area (Å²) in [6.07, 6.45) is 0.437. The molecule has 0 heterocycles. The van der Waals surface area contributed by atoms with Crippen LogP contribution >= 0.6 is 12.6 Å². The van der Waals surface area contributed by atoms with E-state index in [0.717, 1.165) is 5.56 Å². The summed E-state index contributed by atoms with van der Waals surface area (Å²) in [5.74, 6) is -0.889. The van der Waals surface area contributed by atoms with Crippen LogP contribution < -0.4 is 0 Å². The lowest BCUT2D eigenvalue weighted by Crippen LogP contribution is -2.31. The highest BCUT2D eigenvalue weighted by molar-refractivity contribution is 7.82. The van der Waals surface area contributed by atoms with Crippen molar-refractivity contribution in [1.82, 2.24) is 0 Å². The predicted octanol–water partition coefficient (Wildman–Crippen LogP) is 2.00. The van der Waals surface area contributed by atoms with E-state index in [-0.39, 0.29) is 0 Å². The third-order valence-electron chi connectivity index (χ3n) is 1.85. The first-order valence-corrected chi connectivity index (χ1v) is 4.47. The Morgan fingerprint density at radius 3 is 2.46 bits per heavy atom. The van der Waals surface area contributed by atoms with Gasteiger partial charge in [0.2, 0.25) is 0 Å². The number of benzene rings is 1. The SMILES string of the molecule is CC(S)(Cc1ccccc1)C(=O)O. The van der Waals surface area contributed by atoms with E-state index < -0.39 is 10.7 Å². The first kappa shape index (κ1) is 10.1. The second-order valence-electron chi connectivity index (χ2n) is 3.24. The maximum atomic E-state index is 10.7. The quantitative estimate of drug-likeness (QED) is 0.725. The van der Waals surface area contributed by atoms with Crippen molar-refractivity contribution in [2.75, 3.05) is 0 Å². The van der Waals surface area contributed by atoms with Crippen molar-refractivity contribution < 1.29 is 9.90 Å². The van der Waals surface area contributed by atoms with Gasteiger partial charge in [0.1, 0.15) is 4.75 Å². The van der Waals surface area contributed by atoms with Crippen molar-refractivity contribution in [2.24, 2.45) is 0 Å². The Hall–Kier alpha value is -0.960. The van der Waals surface area contributed by atoms with E-state index in [1.165, 1.54) is 0 Å². The molecule has 2 nitrogen and oxygen atoms in total. The highest BCUT2D eigenvalue weighted by atomic mass is 32.1. The number of thiol groups is 1. The molecule has 1 unspecified atom stereocenters. The summed E-state index contributed by atoms with van der Waals surface area (Å²) in [5, 5.41) is 8.83. The molecule has 0 aliphatic carbocycles. The van der Waals surface area contributed by atoms with Crippen molar-refractivity contribution in [3.8, 4) is 0 Å². The minimum absolute atomic E-state index is 0.437. The Morgan fingerprint density at radius 2 is 2.00 bits per heavy atom. The van der Waals surface area contributed by atoms with Gasteiger partial charge in [-0.05, 0) is 18.9 Å². The fraction of sp³-hybridized carbons (Fsp3) is 0.300. The van der Waals surface area contributed by atoms with Crippen molar-refractivity contribution in [3.63, 3.8) is 0 Å². The zero-order valence-corrected chi connectivity index (χ0v) is 8.29. The van der Waals surface area contributed by atoms with E-state index in [2.05, 4.69) is 12.6 Å². The molecule has 1 N–H and O–H groups in total. The van der Waals surface area contributed by atoms with Crippen LogP contribution in [-0.4, -0.2) is 15.8 Å². The lowest BCUT2D eigenvalue weighted by atomic mass is 10.0. The van der Waals surface area contributed by atoms with Gasteiger partial charge in [-0.2, -0.15) is 12.6 Å². The average molecular weight is 196 g/mol. The molecule has 3 heteroatoms. The Labute approximate surface area is 83.0 Å². The van der Waals surface area contributed by atoms with E-state index in [1.807, 2.05) is 30.3 Å². The lowest BCUT2D eigenvalue weighted by Gasteiger charge is -2.17. The summed E-state index contributed by atoms with van der Waals surface area (Å²) in [6, 6.07) is 9.48. The molecule has 0 aromatic heterocycles. The topological polar surface area (TPSA) is 37.3 Å². The number of carboxylic acid groups (broad SMARTS) is 1. The molecule has 1 aromatic rings. The van der Waals surface area contributed by atoms with E-state index in [9.17, 15) is 4.79 Å². The highest BCUT2D eigenvalue weighted by Crippen LogP contribution is 2.19. The zero-order chi connectivity index (χ0) is 9.90. The maximum absolute atomic E-state index is 10.7. The minimum Gasteiger partial charge on any atom is -0.480 e. The Balaban J connectivity index is 2.75. The molecule has 0 aliphatic rings. The number of carboxylic acids is 1. The molecule has 0 fully saturated rings. The fourth-order valence-electron chi connectivity index (χ4n) is 1.07. The molecular weight excluding hydrogens is 184 g/mol. The van der Waals surface area contributed by atoms with Gasteiger partial charge >= 0.3 is 5.97 Å². The standard InChI is InChI=1S/C10H12O2S/c1-10(13,9(11)12)7-8-5-3-2-4-6-8/h2-6,13H,7H2,1H3,(H,11,12). The molecule has 13 heavy (non-hydrogen) atoms. The normalized spacial score (nSPS) is 14.9. The molecule has 0 spiro atoms. The van der Waals surface area contributed by atoms with E-state index >= 15 is 0 Å². The van der Waals surface area contributed by atoms with Crippen LogP contribution in [-0.2, 0) is 11.2 Å². The number of aliphatic carboxylic acids is 1. The third-order valence-corrected chi connectivity index (χ3v) is 2.20. The highest BCUT2D eigenvalue weighted by Gasteiger charge is 2.28. The smallest absolute Gasteiger partial charge is 0.319 e. The monoisotopic (exact) mass is 196 g/mol. The van der Waals surface area contributed by atoms with Crippen molar-refractivity contribution >= 4 is 18.6 Å². The minimum atomic E-state index is -0.985. The first-order chi connectivity index (χ1) is 6.02. The van der Waals surface area contributed by atoms with Crippen LogP contribution in [0, 0.1) is 0 Å². The van der Waals surface area contributed by atoms with E-state index in [4.69, 9.17) is 5.11 Å². The molecule has 70 valence electrons. The Kier molecular flexibility index (Phi) is 2.98.